The van der Waals surface area contributed by atoms with Gasteiger partial charge in [-0.2, -0.15) is 5.10 Å². The summed E-state index contributed by atoms with van der Waals surface area (Å²) in [6, 6.07) is 9.82. The summed E-state index contributed by atoms with van der Waals surface area (Å²) >= 11 is 0. The fraction of sp³-hybridized carbons (Fsp3) is 0.263. The summed E-state index contributed by atoms with van der Waals surface area (Å²) in [5, 5.41) is 7.98. The number of benzene rings is 1. The first kappa shape index (κ1) is 17.9. The van der Waals surface area contributed by atoms with Crippen LogP contribution in [-0.2, 0) is 11.3 Å². The van der Waals surface area contributed by atoms with E-state index >= 15 is 0 Å². The third-order valence-corrected chi connectivity index (χ3v) is 4.81. The number of nitrogens with zero attached hydrogens (tertiary/aromatic N) is 4. The average Bonchev–Trinajstić information content (AvgIpc) is 3.45. The number of aromatic amines is 1. The van der Waals surface area contributed by atoms with Crippen LogP contribution in [0.25, 0.3) is 22.3 Å². The minimum Gasteiger partial charge on any atom is -0.329 e. The van der Waals surface area contributed by atoms with Crippen LogP contribution >= 0.6 is 0 Å². The maximum atomic E-state index is 12.1. The molecule has 6 N–H and O–H groups in total. The third kappa shape index (κ3) is 3.65. The molecule has 4 rings (SSSR count). The van der Waals surface area contributed by atoms with Gasteiger partial charge in [-0.15, -0.1) is 0 Å². The predicted octanol–water partition coefficient (Wildman–Crippen LogP) is 1.94. The standard InChI is InChI=1S/C19H22N8O/c1-11(26-20)27(21)9-12-2-4-13(5-3-12)15-8-16(25-19(28)14-6-7-14)24-18-17(15)22-10-23-18/h2-5,8,10,14H,6-7,9,20-21H2,1H3,(H2,22,23,24,25,28)/b26-11-. The van der Waals surface area contributed by atoms with Crippen molar-refractivity contribution in [1.29, 1.82) is 0 Å². The molecule has 2 aromatic heterocycles. The van der Waals surface area contributed by atoms with Crippen LogP contribution in [0.1, 0.15) is 25.3 Å². The minimum atomic E-state index is 0.0210. The summed E-state index contributed by atoms with van der Waals surface area (Å²) < 4.78 is 0. The first-order valence-electron chi connectivity index (χ1n) is 9.06. The fourth-order valence-corrected chi connectivity index (χ4v) is 2.96. The number of carbonyl (C=O) groups is 1. The van der Waals surface area contributed by atoms with Crippen molar-refractivity contribution in [2.75, 3.05) is 5.32 Å². The second-order valence-corrected chi connectivity index (χ2v) is 6.92. The van der Waals surface area contributed by atoms with Gasteiger partial charge in [-0.25, -0.2) is 15.8 Å². The maximum Gasteiger partial charge on any atom is 0.228 e. The fourth-order valence-electron chi connectivity index (χ4n) is 2.96. The molecule has 0 saturated heterocycles. The van der Waals surface area contributed by atoms with E-state index in [9.17, 15) is 4.79 Å². The number of pyridine rings is 1. The Hall–Kier alpha value is -3.46. The van der Waals surface area contributed by atoms with E-state index in [2.05, 4.69) is 25.4 Å². The molecule has 1 aliphatic rings. The average molecular weight is 378 g/mol. The molecule has 1 aromatic carbocycles. The number of carbonyl (C=O) groups excluding carboxylic acids is 1. The number of anilines is 1. The van der Waals surface area contributed by atoms with Crippen molar-refractivity contribution in [2.45, 2.75) is 26.3 Å². The van der Waals surface area contributed by atoms with E-state index in [4.69, 9.17) is 11.7 Å². The van der Waals surface area contributed by atoms with E-state index < -0.39 is 0 Å². The lowest BCUT2D eigenvalue weighted by Gasteiger charge is -2.17. The van der Waals surface area contributed by atoms with E-state index in [1.54, 1.807) is 13.3 Å². The number of nitrogens with one attached hydrogen (secondary N) is 2. The zero-order chi connectivity index (χ0) is 19.7. The van der Waals surface area contributed by atoms with Gasteiger partial charge in [-0.05, 0) is 37.0 Å². The normalized spacial score (nSPS) is 14.3. The molecular formula is C19H22N8O. The van der Waals surface area contributed by atoms with Gasteiger partial charge in [0.2, 0.25) is 5.91 Å². The SMILES string of the molecule is C/C(=N/N)N(N)Cc1ccc(-c2cc(NC(=O)C3CC3)nc3[nH]cnc23)cc1. The number of hydrazone groups is 1. The first-order chi connectivity index (χ1) is 13.5. The van der Waals surface area contributed by atoms with Crippen LogP contribution in [0.4, 0.5) is 5.82 Å². The first-order valence-corrected chi connectivity index (χ1v) is 9.06. The zero-order valence-corrected chi connectivity index (χ0v) is 15.5. The van der Waals surface area contributed by atoms with Crippen LogP contribution in [0, 0.1) is 5.92 Å². The minimum absolute atomic E-state index is 0.0210. The molecule has 0 atom stereocenters. The molecular weight excluding hydrogens is 356 g/mol. The topological polar surface area (TPSA) is 138 Å². The van der Waals surface area contributed by atoms with Gasteiger partial charge in [0.25, 0.3) is 0 Å². The molecule has 144 valence electrons. The number of hydrazine groups is 1. The molecule has 0 spiro atoms. The molecule has 1 aliphatic carbocycles. The van der Waals surface area contributed by atoms with E-state index in [0.29, 0.717) is 23.8 Å². The number of rotatable bonds is 5. The van der Waals surface area contributed by atoms with Gasteiger partial charge < -0.3 is 16.1 Å². The highest BCUT2D eigenvalue weighted by Gasteiger charge is 2.30. The lowest BCUT2D eigenvalue weighted by atomic mass is 10.0. The van der Waals surface area contributed by atoms with Crippen molar-refractivity contribution >= 4 is 28.7 Å². The summed E-state index contributed by atoms with van der Waals surface area (Å²) in [5.74, 6) is 12.4. The van der Waals surface area contributed by atoms with Crippen molar-refractivity contribution in [3.8, 4) is 11.1 Å². The summed E-state index contributed by atoms with van der Waals surface area (Å²) in [5.41, 5.74) is 4.27. The Labute approximate surface area is 161 Å². The second-order valence-electron chi connectivity index (χ2n) is 6.92. The summed E-state index contributed by atoms with van der Waals surface area (Å²) in [6.45, 7) is 2.24. The summed E-state index contributed by atoms with van der Waals surface area (Å²) in [7, 11) is 0. The molecule has 0 aliphatic heterocycles. The van der Waals surface area contributed by atoms with Gasteiger partial charge in [-0.1, -0.05) is 24.3 Å². The lowest BCUT2D eigenvalue weighted by molar-refractivity contribution is -0.117. The molecule has 0 radical (unpaired) electrons. The summed E-state index contributed by atoms with van der Waals surface area (Å²) in [4.78, 5) is 24.0. The Balaban J connectivity index is 1.62. The number of H-pyrrole nitrogens is 1. The molecule has 1 amide bonds. The van der Waals surface area contributed by atoms with E-state index in [1.807, 2.05) is 30.3 Å². The van der Waals surface area contributed by atoms with Gasteiger partial charge in [0, 0.05) is 11.5 Å². The number of hydrogen-bond acceptors (Lipinski definition) is 6. The number of imidazole rings is 1. The Kier molecular flexibility index (Phi) is 4.66. The maximum absolute atomic E-state index is 12.1. The van der Waals surface area contributed by atoms with Gasteiger partial charge in [0.15, 0.2) is 5.65 Å². The molecule has 3 aromatic rings. The number of amides is 1. The van der Waals surface area contributed by atoms with Crippen molar-refractivity contribution in [3.63, 3.8) is 0 Å². The number of amidine groups is 1. The largest absolute Gasteiger partial charge is 0.329 e. The molecule has 9 nitrogen and oxygen atoms in total. The zero-order valence-electron chi connectivity index (χ0n) is 15.5. The number of hydrogen-bond donors (Lipinski definition) is 4. The molecule has 1 fully saturated rings. The highest BCUT2D eigenvalue weighted by Crippen LogP contribution is 2.32. The Morgan fingerprint density at radius 3 is 2.79 bits per heavy atom. The van der Waals surface area contributed by atoms with Gasteiger partial charge in [-0.3, -0.25) is 9.80 Å². The Bertz CT molecular complexity index is 1040. The summed E-state index contributed by atoms with van der Waals surface area (Å²) in [6.07, 6.45) is 3.49. The van der Waals surface area contributed by atoms with Gasteiger partial charge >= 0.3 is 0 Å². The molecule has 1 saturated carbocycles. The third-order valence-electron chi connectivity index (χ3n) is 4.81. The Morgan fingerprint density at radius 1 is 1.36 bits per heavy atom. The quantitative estimate of drug-likeness (QED) is 0.232. The van der Waals surface area contributed by atoms with Crippen molar-refractivity contribution < 1.29 is 4.79 Å². The van der Waals surface area contributed by atoms with E-state index in [-0.39, 0.29) is 11.8 Å². The van der Waals surface area contributed by atoms with Crippen LogP contribution in [0.3, 0.4) is 0 Å². The van der Waals surface area contributed by atoms with Crippen LogP contribution in [0.15, 0.2) is 41.8 Å². The molecule has 0 bridgehead atoms. The van der Waals surface area contributed by atoms with Crippen LogP contribution < -0.4 is 17.0 Å². The number of aromatic nitrogens is 3. The van der Waals surface area contributed by atoms with Crippen LogP contribution in [0.2, 0.25) is 0 Å². The van der Waals surface area contributed by atoms with Gasteiger partial charge in [0.1, 0.15) is 17.2 Å². The highest BCUT2D eigenvalue weighted by atomic mass is 16.2. The van der Waals surface area contributed by atoms with Gasteiger partial charge in [0.05, 0.1) is 12.9 Å². The van der Waals surface area contributed by atoms with E-state index in [0.717, 1.165) is 35.0 Å². The predicted molar refractivity (Wildman–Crippen MR) is 108 cm³/mol. The van der Waals surface area contributed by atoms with Crippen LogP contribution in [-0.4, -0.2) is 31.7 Å². The van der Waals surface area contributed by atoms with Crippen molar-refractivity contribution in [1.82, 2.24) is 20.0 Å². The van der Waals surface area contributed by atoms with Crippen molar-refractivity contribution in [2.24, 2.45) is 22.7 Å². The van der Waals surface area contributed by atoms with Crippen LogP contribution in [0.5, 0.6) is 0 Å². The van der Waals surface area contributed by atoms with E-state index in [1.165, 1.54) is 5.01 Å². The smallest absolute Gasteiger partial charge is 0.228 e. The van der Waals surface area contributed by atoms with Crippen molar-refractivity contribution in [3.05, 3.63) is 42.2 Å². The number of nitrogens with two attached hydrogens (primary N) is 2. The number of fused-ring (bicyclic) bond motifs is 1. The Morgan fingerprint density at radius 2 is 2.11 bits per heavy atom. The highest BCUT2D eigenvalue weighted by molar-refractivity contribution is 5.97. The molecule has 0 unspecified atom stereocenters. The monoisotopic (exact) mass is 378 g/mol. The lowest BCUT2D eigenvalue weighted by Crippen LogP contribution is -2.35. The molecule has 9 heteroatoms. The molecule has 2 heterocycles. The molecule has 28 heavy (non-hydrogen) atoms. The second kappa shape index (κ2) is 7.28.